The number of carbonyl (C=O) groups is 2. The smallest absolute Gasteiger partial charge is 0.315 e. The number of amides is 1. The second-order valence-electron chi connectivity index (χ2n) is 5.19. The number of hydrogen-bond acceptors (Lipinski definition) is 3. The summed E-state index contributed by atoms with van der Waals surface area (Å²) in [4.78, 5) is 23.4. The third-order valence-corrected chi connectivity index (χ3v) is 4.80. The lowest BCUT2D eigenvalue weighted by Crippen LogP contribution is -2.31. The second kappa shape index (κ2) is 6.03. The lowest BCUT2D eigenvalue weighted by atomic mass is 10.1. The van der Waals surface area contributed by atoms with Crippen molar-refractivity contribution in [2.24, 2.45) is 5.41 Å². The number of rotatable bonds is 5. The van der Waals surface area contributed by atoms with Crippen molar-refractivity contribution >= 4 is 46.7 Å². The van der Waals surface area contributed by atoms with Gasteiger partial charge in [-0.1, -0.05) is 23.7 Å². The van der Waals surface area contributed by atoms with Gasteiger partial charge in [0.25, 0.3) is 5.91 Å². The van der Waals surface area contributed by atoms with Crippen LogP contribution in [0.25, 0.3) is 0 Å². The van der Waals surface area contributed by atoms with E-state index in [0.717, 1.165) is 5.56 Å². The quantitative estimate of drug-likeness (QED) is 0.656. The van der Waals surface area contributed by atoms with E-state index in [4.69, 9.17) is 39.5 Å². The first-order chi connectivity index (χ1) is 9.74. The molecule has 114 valence electrons. The lowest BCUT2D eigenvalue weighted by molar-refractivity contribution is -0.153. The highest BCUT2D eigenvalue weighted by atomic mass is 35.5. The first kappa shape index (κ1) is 16.4. The van der Waals surface area contributed by atoms with Crippen LogP contribution in [0.5, 0.6) is 0 Å². The van der Waals surface area contributed by atoms with E-state index in [0.29, 0.717) is 18.0 Å². The number of ether oxygens (including phenoxy) is 1. The van der Waals surface area contributed by atoms with Gasteiger partial charge in [-0.05, 0) is 24.6 Å². The van der Waals surface area contributed by atoms with Gasteiger partial charge >= 0.3 is 5.97 Å². The van der Waals surface area contributed by atoms with Gasteiger partial charge in [-0.15, -0.1) is 23.2 Å². The molecule has 0 spiro atoms. The van der Waals surface area contributed by atoms with Crippen molar-refractivity contribution in [1.29, 1.82) is 0 Å². The molecule has 2 rings (SSSR count). The Morgan fingerprint density at radius 1 is 1.29 bits per heavy atom. The van der Waals surface area contributed by atoms with Gasteiger partial charge in [0, 0.05) is 18.0 Å². The van der Waals surface area contributed by atoms with Crippen molar-refractivity contribution in [2.75, 3.05) is 6.61 Å². The lowest BCUT2D eigenvalue weighted by Gasteiger charge is -2.11. The van der Waals surface area contributed by atoms with Gasteiger partial charge < -0.3 is 10.1 Å². The molecule has 1 aliphatic rings. The predicted molar refractivity (Wildman–Crippen MR) is 81.4 cm³/mol. The molecule has 1 aromatic carbocycles. The van der Waals surface area contributed by atoms with Gasteiger partial charge in [0.1, 0.15) is 9.75 Å². The zero-order chi connectivity index (χ0) is 15.7. The van der Waals surface area contributed by atoms with Crippen molar-refractivity contribution in [2.45, 2.75) is 24.2 Å². The normalized spacial score (nSPS) is 22.5. The average Bonchev–Trinajstić information content (AvgIpc) is 2.95. The Morgan fingerprint density at radius 2 is 1.86 bits per heavy atom. The Bertz CT molecular complexity index is 559. The average molecular weight is 351 g/mol. The first-order valence-corrected chi connectivity index (χ1v) is 7.44. The van der Waals surface area contributed by atoms with Crippen LogP contribution in [-0.4, -0.2) is 22.8 Å². The molecule has 1 fully saturated rings. The van der Waals surface area contributed by atoms with E-state index in [1.807, 2.05) is 0 Å². The number of carbonyl (C=O) groups excluding carboxylic acids is 2. The fourth-order valence-electron chi connectivity index (χ4n) is 1.77. The molecular formula is C14H14Cl3NO3. The molecule has 0 radical (unpaired) electrons. The Balaban J connectivity index is 1.73. The van der Waals surface area contributed by atoms with Crippen molar-refractivity contribution in [1.82, 2.24) is 5.32 Å². The maximum Gasteiger partial charge on any atom is 0.315 e. The van der Waals surface area contributed by atoms with Crippen LogP contribution in [-0.2, 0) is 20.9 Å². The molecule has 21 heavy (non-hydrogen) atoms. The van der Waals surface area contributed by atoms with Crippen LogP contribution in [0.4, 0.5) is 0 Å². The van der Waals surface area contributed by atoms with Gasteiger partial charge in [0.15, 0.2) is 6.61 Å². The highest BCUT2D eigenvalue weighted by molar-refractivity contribution is 6.53. The van der Waals surface area contributed by atoms with E-state index in [2.05, 4.69) is 5.32 Å². The number of halogens is 3. The molecule has 0 heterocycles. The molecule has 1 N–H and O–H groups in total. The Labute approximate surface area is 137 Å². The second-order valence-corrected chi connectivity index (χ2v) is 7.11. The molecule has 1 aromatic rings. The van der Waals surface area contributed by atoms with Crippen LogP contribution in [0.15, 0.2) is 24.3 Å². The van der Waals surface area contributed by atoms with Crippen LogP contribution >= 0.6 is 34.8 Å². The van der Waals surface area contributed by atoms with Crippen molar-refractivity contribution < 1.29 is 14.3 Å². The van der Waals surface area contributed by atoms with E-state index in [-0.39, 0.29) is 6.61 Å². The van der Waals surface area contributed by atoms with Gasteiger partial charge in [0.2, 0.25) is 0 Å². The zero-order valence-corrected chi connectivity index (χ0v) is 13.6. The number of esters is 1. The fourth-order valence-corrected chi connectivity index (χ4v) is 2.58. The molecule has 1 amide bonds. The number of benzene rings is 1. The summed E-state index contributed by atoms with van der Waals surface area (Å²) in [5, 5.41) is 3.27. The predicted octanol–water partition coefficient (Wildman–Crippen LogP) is 3.08. The third-order valence-electron chi connectivity index (χ3n) is 3.45. The topological polar surface area (TPSA) is 55.4 Å². The molecular weight excluding hydrogens is 337 g/mol. The van der Waals surface area contributed by atoms with Crippen LogP contribution in [0, 0.1) is 5.41 Å². The van der Waals surface area contributed by atoms with Crippen LogP contribution < -0.4 is 5.32 Å². The number of nitrogens with one attached hydrogen (secondary N) is 1. The number of hydrogen-bond donors (Lipinski definition) is 1. The maximum atomic E-state index is 11.8. The van der Waals surface area contributed by atoms with Gasteiger partial charge in [-0.3, -0.25) is 9.59 Å². The first-order valence-electron chi connectivity index (χ1n) is 6.31. The molecule has 0 saturated heterocycles. The number of alkyl halides is 2. The van der Waals surface area contributed by atoms with E-state index in [1.165, 1.54) is 0 Å². The summed E-state index contributed by atoms with van der Waals surface area (Å²) in [6.07, 6.45) is 0.328. The summed E-state index contributed by atoms with van der Waals surface area (Å²) in [7, 11) is 0. The highest BCUT2D eigenvalue weighted by Gasteiger charge is 2.69. The van der Waals surface area contributed by atoms with Crippen LogP contribution in [0.2, 0.25) is 5.02 Å². The van der Waals surface area contributed by atoms with E-state index in [1.54, 1.807) is 31.2 Å². The Hall–Kier alpha value is -0.970. The van der Waals surface area contributed by atoms with Gasteiger partial charge in [0.05, 0.1) is 0 Å². The molecule has 1 unspecified atom stereocenters. The fraction of sp³-hybridized carbons (Fsp3) is 0.429. The Kier molecular flexibility index (Phi) is 4.71. The summed E-state index contributed by atoms with van der Waals surface area (Å²) in [5.74, 6) is -0.952. The van der Waals surface area contributed by atoms with E-state index < -0.39 is 21.6 Å². The molecule has 0 aliphatic heterocycles. The van der Waals surface area contributed by atoms with Crippen molar-refractivity contribution in [3.05, 3.63) is 34.9 Å². The minimum atomic E-state index is -1.09. The molecule has 4 nitrogen and oxygen atoms in total. The molecule has 0 bridgehead atoms. The van der Waals surface area contributed by atoms with Crippen LogP contribution in [0.3, 0.4) is 0 Å². The summed E-state index contributed by atoms with van der Waals surface area (Å²) < 4.78 is 3.84. The van der Waals surface area contributed by atoms with E-state index >= 15 is 0 Å². The SMILES string of the molecule is CC1(C(=O)OCC(=O)NCc2ccc(Cl)cc2)CC1(Cl)Cl. The zero-order valence-electron chi connectivity index (χ0n) is 11.3. The third kappa shape index (κ3) is 3.82. The largest absolute Gasteiger partial charge is 0.455 e. The molecule has 7 heteroatoms. The molecule has 1 atom stereocenters. The summed E-state index contributed by atoms with van der Waals surface area (Å²) in [5.41, 5.74) is -0.0270. The standard InChI is InChI=1S/C14H14Cl3NO3/c1-13(8-14(13,16)17)12(20)21-7-11(19)18-6-9-2-4-10(15)5-3-9/h2-5H,6-8H2,1H3,(H,18,19). The van der Waals surface area contributed by atoms with Crippen LogP contribution in [0.1, 0.15) is 18.9 Å². The van der Waals surface area contributed by atoms with E-state index in [9.17, 15) is 9.59 Å². The minimum absolute atomic E-state index is 0.328. The maximum absolute atomic E-state index is 11.8. The van der Waals surface area contributed by atoms with Gasteiger partial charge in [-0.25, -0.2) is 0 Å². The summed E-state index contributed by atoms with van der Waals surface area (Å²) in [6, 6.07) is 7.07. The minimum Gasteiger partial charge on any atom is -0.455 e. The monoisotopic (exact) mass is 349 g/mol. The Morgan fingerprint density at radius 3 is 2.38 bits per heavy atom. The molecule has 1 aliphatic carbocycles. The summed E-state index contributed by atoms with van der Waals surface area (Å²) >= 11 is 17.5. The molecule has 1 saturated carbocycles. The highest BCUT2D eigenvalue weighted by Crippen LogP contribution is 2.64. The van der Waals surface area contributed by atoms with Crippen molar-refractivity contribution in [3.8, 4) is 0 Å². The molecule has 0 aromatic heterocycles. The summed E-state index contributed by atoms with van der Waals surface area (Å²) in [6.45, 7) is 1.59. The van der Waals surface area contributed by atoms with Crippen molar-refractivity contribution in [3.63, 3.8) is 0 Å². The van der Waals surface area contributed by atoms with Gasteiger partial charge in [-0.2, -0.15) is 0 Å².